The maximum absolute atomic E-state index is 9.49. The first-order valence-electron chi connectivity index (χ1n) is 4.01. The van der Waals surface area contributed by atoms with E-state index in [1.165, 1.54) is 11.8 Å². The number of thioether (sulfide) groups is 1. The van der Waals surface area contributed by atoms with Gasteiger partial charge in [-0.25, -0.2) is 0 Å². The van der Waals surface area contributed by atoms with Crippen molar-refractivity contribution >= 4 is 11.8 Å². The Morgan fingerprint density at radius 1 is 1.54 bits per heavy atom. The lowest BCUT2D eigenvalue weighted by Crippen LogP contribution is -1.87. The number of benzene rings is 1. The van der Waals surface area contributed by atoms with Crippen molar-refractivity contribution in [2.45, 2.75) is 17.7 Å². The molecule has 0 atom stereocenters. The average molecular weight is 193 g/mol. The van der Waals surface area contributed by atoms with Crippen LogP contribution in [0.1, 0.15) is 12.0 Å². The zero-order chi connectivity index (χ0) is 9.68. The average Bonchev–Trinajstić information content (AvgIpc) is 2.15. The van der Waals surface area contributed by atoms with E-state index in [-0.39, 0.29) is 0 Å². The summed E-state index contributed by atoms with van der Waals surface area (Å²) in [5.74, 6) is 0.308. The third kappa shape index (κ3) is 2.40. The van der Waals surface area contributed by atoms with Gasteiger partial charge in [-0.15, -0.1) is 11.8 Å². The van der Waals surface area contributed by atoms with Crippen molar-refractivity contribution < 1.29 is 5.11 Å². The predicted molar refractivity (Wildman–Crippen MR) is 53.8 cm³/mol. The van der Waals surface area contributed by atoms with Crippen LogP contribution in [0.3, 0.4) is 0 Å². The van der Waals surface area contributed by atoms with E-state index in [0.717, 1.165) is 10.5 Å². The van der Waals surface area contributed by atoms with Crippen molar-refractivity contribution in [1.82, 2.24) is 0 Å². The van der Waals surface area contributed by atoms with E-state index in [2.05, 4.69) is 6.07 Å². The fraction of sp³-hybridized carbons (Fsp3) is 0.300. The molecule has 1 N–H and O–H groups in total. The standard InChI is InChI=1S/C10H11NOS/c1-13-10-8(5-3-7-11)4-2-6-9(10)12/h2,4,6,12H,3,5H2,1H3. The fourth-order valence-electron chi connectivity index (χ4n) is 1.19. The molecule has 0 heterocycles. The van der Waals surface area contributed by atoms with Crippen LogP contribution in [-0.4, -0.2) is 11.4 Å². The molecule has 0 saturated carbocycles. The zero-order valence-corrected chi connectivity index (χ0v) is 8.27. The van der Waals surface area contributed by atoms with Gasteiger partial charge in [-0.3, -0.25) is 0 Å². The molecule has 0 aliphatic carbocycles. The van der Waals surface area contributed by atoms with E-state index >= 15 is 0 Å². The van der Waals surface area contributed by atoms with Gasteiger partial charge >= 0.3 is 0 Å². The van der Waals surface area contributed by atoms with Gasteiger partial charge in [-0.2, -0.15) is 5.26 Å². The molecule has 0 amide bonds. The second kappa shape index (κ2) is 4.78. The van der Waals surface area contributed by atoms with Crippen LogP contribution >= 0.6 is 11.8 Å². The first kappa shape index (κ1) is 9.94. The summed E-state index contributed by atoms with van der Waals surface area (Å²) < 4.78 is 0. The Kier molecular flexibility index (Phi) is 3.66. The Morgan fingerprint density at radius 3 is 2.92 bits per heavy atom. The maximum Gasteiger partial charge on any atom is 0.129 e. The minimum atomic E-state index is 0.308. The zero-order valence-electron chi connectivity index (χ0n) is 7.45. The van der Waals surface area contributed by atoms with E-state index in [1.807, 2.05) is 18.4 Å². The van der Waals surface area contributed by atoms with Gasteiger partial charge in [0.1, 0.15) is 5.75 Å². The minimum absolute atomic E-state index is 0.308. The summed E-state index contributed by atoms with van der Waals surface area (Å²) in [6.45, 7) is 0. The lowest BCUT2D eigenvalue weighted by molar-refractivity contribution is 0.461. The number of phenols is 1. The van der Waals surface area contributed by atoms with Crippen LogP contribution in [0.4, 0.5) is 0 Å². The molecular weight excluding hydrogens is 182 g/mol. The van der Waals surface area contributed by atoms with E-state index in [4.69, 9.17) is 5.26 Å². The number of nitrogens with zero attached hydrogens (tertiary/aromatic N) is 1. The molecule has 68 valence electrons. The Labute approximate surface area is 82.2 Å². The molecule has 0 aromatic heterocycles. The van der Waals surface area contributed by atoms with Crippen molar-refractivity contribution in [3.63, 3.8) is 0 Å². The van der Waals surface area contributed by atoms with Crippen molar-refractivity contribution in [2.24, 2.45) is 0 Å². The molecule has 1 aromatic rings. The van der Waals surface area contributed by atoms with Crippen LogP contribution in [0.5, 0.6) is 5.75 Å². The molecule has 13 heavy (non-hydrogen) atoms. The Hall–Kier alpha value is -1.14. The molecule has 0 unspecified atom stereocenters. The number of aryl methyl sites for hydroxylation is 1. The van der Waals surface area contributed by atoms with Crippen molar-refractivity contribution in [3.05, 3.63) is 23.8 Å². The molecule has 0 saturated heterocycles. The lowest BCUT2D eigenvalue weighted by Gasteiger charge is -2.06. The molecule has 0 spiro atoms. The number of hydrogen-bond donors (Lipinski definition) is 1. The van der Waals surface area contributed by atoms with Crippen molar-refractivity contribution in [1.29, 1.82) is 5.26 Å². The van der Waals surface area contributed by atoms with Gasteiger partial charge in [-0.05, 0) is 24.3 Å². The van der Waals surface area contributed by atoms with Crippen molar-refractivity contribution in [3.8, 4) is 11.8 Å². The molecule has 0 fully saturated rings. The molecule has 0 aliphatic heterocycles. The van der Waals surface area contributed by atoms with Gasteiger partial charge in [0.15, 0.2) is 0 Å². The molecule has 1 rings (SSSR count). The Bertz CT molecular complexity index is 330. The summed E-state index contributed by atoms with van der Waals surface area (Å²) in [6, 6.07) is 7.52. The summed E-state index contributed by atoms with van der Waals surface area (Å²) in [4.78, 5) is 0.887. The van der Waals surface area contributed by atoms with Crippen LogP contribution in [-0.2, 0) is 6.42 Å². The topological polar surface area (TPSA) is 44.0 Å². The second-order valence-corrected chi connectivity index (χ2v) is 3.44. The third-order valence-corrected chi connectivity index (χ3v) is 2.67. The van der Waals surface area contributed by atoms with Gasteiger partial charge < -0.3 is 5.11 Å². The number of hydrogen-bond acceptors (Lipinski definition) is 3. The summed E-state index contributed by atoms with van der Waals surface area (Å²) in [5.41, 5.74) is 1.05. The molecule has 2 nitrogen and oxygen atoms in total. The van der Waals surface area contributed by atoms with E-state index < -0.39 is 0 Å². The number of phenolic OH excluding ortho intramolecular Hbond substituents is 1. The molecule has 0 radical (unpaired) electrons. The predicted octanol–water partition coefficient (Wildman–Crippen LogP) is 2.57. The maximum atomic E-state index is 9.49. The monoisotopic (exact) mass is 193 g/mol. The highest BCUT2D eigenvalue weighted by Crippen LogP contribution is 2.30. The fourth-order valence-corrected chi connectivity index (χ4v) is 1.90. The summed E-state index contributed by atoms with van der Waals surface area (Å²) in [6.07, 6.45) is 3.13. The third-order valence-electron chi connectivity index (χ3n) is 1.79. The highest BCUT2D eigenvalue weighted by atomic mass is 32.2. The Morgan fingerprint density at radius 2 is 2.31 bits per heavy atom. The highest BCUT2D eigenvalue weighted by molar-refractivity contribution is 7.98. The van der Waals surface area contributed by atoms with Crippen LogP contribution < -0.4 is 0 Å². The number of nitriles is 1. The molecule has 3 heteroatoms. The second-order valence-electron chi connectivity index (χ2n) is 2.63. The minimum Gasteiger partial charge on any atom is -0.507 e. The normalized spacial score (nSPS) is 9.54. The molecular formula is C10H11NOS. The summed E-state index contributed by atoms with van der Waals surface area (Å²) in [5, 5.41) is 17.9. The molecule has 0 bridgehead atoms. The van der Waals surface area contributed by atoms with E-state index in [1.54, 1.807) is 6.07 Å². The Balaban J connectivity index is 2.93. The SMILES string of the molecule is CSc1c(O)cccc1CCC#N. The van der Waals surface area contributed by atoms with E-state index in [0.29, 0.717) is 18.6 Å². The van der Waals surface area contributed by atoms with Crippen LogP contribution in [0.15, 0.2) is 23.1 Å². The van der Waals surface area contributed by atoms with Gasteiger partial charge in [0.05, 0.1) is 11.0 Å². The van der Waals surface area contributed by atoms with Crippen LogP contribution in [0.25, 0.3) is 0 Å². The van der Waals surface area contributed by atoms with Gasteiger partial charge in [-0.1, -0.05) is 12.1 Å². The van der Waals surface area contributed by atoms with Crippen LogP contribution in [0.2, 0.25) is 0 Å². The largest absolute Gasteiger partial charge is 0.507 e. The summed E-state index contributed by atoms with van der Waals surface area (Å²) >= 11 is 1.51. The first-order chi connectivity index (χ1) is 6.29. The van der Waals surface area contributed by atoms with Gasteiger partial charge in [0, 0.05) is 6.42 Å². The van der Waals surface area contributed by atoms with Gasteiger partial charge in [0.25, 0.3) is 0 Å². The van der Waals surface area contributed by atoms with Crippen LogP contribution in [0, 0.1) is 11.3 Å². The molecule has 0 aliphatic rings. The first-order valence-corrected chi connectivity index (χ1v) is 5.24. The smallest absolute Gasteiger partial charge is 0.129 e. The highest BCUT2D eigenvalue weighted by Gasteiger charge is 2.05. The summed E-state index contributed by atoms with van der Waals surface area (Å²) in [7, 11) is 0. The quantitative estimate of drug-likeness (QED) is 0.750. The lowest BCUT2D eigenvalue weighted by atomic mass is 10.1. The number of rotatable bonds is 3. The van der Waals surface area contributed by atoms with Gasteiger partial charge in [0.2, 0.25) is 0 Å². The molecule has 1 aromatic carbocycles. The number of aromatic hydroxyl groups is 1. The van der Waals surface area contributed by atoms with Crippen molar-refractivity contribution in [2.75, 3.05) is 6.26 Å². The van der Waals surface area contributed by atoms with E-state index in [9.17, 15) is 5.11 Å².